The number of aryl methyl sites for hydroxylation is 1. The summed E-state index contributed by atoms with van der Waals surface area (Å²) in [7, 11) is 3.26. The van der Waals surface area contributed by atoms with Crippen LogP contribution >= 0.6 is 11.6 Å². The second-order valence-corrected chi connectivity index (χ2v) is 8.99. The van der Waals surface area contributed by atoms with Crippen LogP contribution < -0.4 is 19.5 Å². The van der Waals surface area contributed by atoms with Crippen molar-refractivity contribution < 1.29 is 14.2 Å². The number of benzene rings is 3. The molecule has 3 aromatic carbocycles. The first-order valence-corrected chi connectivity index (χ1v) is 11.6. The van der Waals surface area contributed by atoms with Crippen molar-refractivity contribution in [3.05, 3.63) is 99.8 Å². The van der Waals surface area contributed by atoms with Gasteiger partial charge in [0, 0.05) is 16.2 Å². The number of ether oxygens (including phenoxy) is 3. The predicted molar refractivity (Wildman–Crippen MR) is 134 cm³/mol. The molecule has 176 valence electrons. The van der Waals surface area contributed by atoms with Crippen molar-refractivity contribution >= 4 is 23.2 Å². The van der Waals surface area contributed by atoms with Gasteiger partial charge < -0.3 is 19.5 Å². The number of aromatic nitrogens is 3. The van der Waals surface area contributed by atoms with E-state index in [4.69, 9.17) is 25.8 Å². The molecule has 0 saturated heterocycles. The topological polar surface area (TPSA) is 70.4 Å². The Bertz CT molecular complexity index is 1460. The van der Waals surface area contributed by atoms with Gasteiger partial charge in [-0.3, -0.25) is 0 Å². The average Bonchev–Trinajstić information content (AvgIpc) is 3.35. The minimum Gasteiger partial charge on any atom is -0.493 e. The highest BCUT2D eigenvalue weighted by Crippen LogP contribution is 2.51. The van der Waals surface area contributed by atoms with E-state index in [2.05, 4.69) is 34.5 Å². The number of fused-ring (bicyclic) bond motifs is 3. The van der Waals surface area contributed by atoms with Crippen LogP contribution in [0.25, 0.3) is 5.70 Å². The maximum absolute atomic E-state index is 6.67. The van der Waals surface area contributed by atoms with Crippen molar-refractivity contribution in [3.63, 3.8) is 0 Å². The van der Waals surface area contributed by atoms with Crippen molar-refractivity contribution in [1.82, 2.24) is 14.8 Å². The Kier molecular flexibility index (Phi) is 5.15. The second kappa shape index (κ2) is 8.36. The van der Waals surface area contributed by atoms with Gasteiger partial charge in [0.15, 0.2) is 11.5 Å². The van der Waals surface area contributed by atoms with Crippen molar-refractivity contribution in [2.24, 2.45) is 0 Å². The lowest BCUT2D eigenvalue weighted by Crippen LogP contribution is -2.32. The van der Waals surface area contributed by atoms with Gasteiger partial charge in [0.2, 0.25) is 5.95 Å². The van der Waals surface area contributed by atoms with Crippen LogP contribution in [0.1, 0.15) is 34.4 Å². The molecule has 0 radical (unpaired) electrons. The highest BCUT2D eigenvalue weighted by Gasteiger charge is 2.41. The highest BCUT2D eigenvalue weighted by molar-refractivity contribution is 6.30. The van der Waals surface area contributed by atoms with E-state index in [-0.39, 0.29) is 12.1 Å². The summed E-state index contributed by atoms with van der Waals surface area (Å²) in [6.07, 6.45) is 1.18. The van der Waals surface area contributed by atoms with Crippen molar-refractivity contribution in [3.8, 4) is 17.2 Å². The van der Waals surface area contributed by atoms with Crippen molar-refractivity contribution in [2.45, 2.75) is 19.1 Å². The number of nitrogens with one attached hydrogen (secondary N) is 1. The van der Waals surface area contributed by atoms with Crippen LogP contribution in [0.15, 0.2) is 72.6 Å². The summed E-state index contributed by atoms with van der Waals surface area (Å²) in [5, 5.41) is 8.78. The number of hydrogen-bond donors (Lipinski definition) is 1. The van der Waals surface area contributed by atoms with Crippen LogP contribution in [0.5, 0.6) is 17.2 Å². The molecule has 2 atom stereocenters. The number of methoxy groups -OCH3 is 2. The molecule has 2 aliphatic heterocycles. The largest absolute Gasteiger partial charge is 0.493 e. The zero-order valence-electron chi connectivity index (χ0n) is 19.4. The maximum Gasteiger partial charge on any atom is 0.226 e. The van der Waals surface area contributed by atoms with Gasteiger partial charge >= 0.3 is 0 Å². The minimum atomic E-state index is -0.375. The molecule has 6 rings (SSSR count). The third kappa shape index (κ3) is 3.51. The van der Waals surface area contributed by atoms with E-state index >= 15 is 0 Å². The summed E-state index contributed by atoms with van der Waals surface area (Å²) in [4.78, 5) is 4.50. The van der Waals surface area contributed by atoms with Crippen LogP contribution in [-0.2, 0) is 0 Å². The predicted octanol–water partition coefficient (Wildman–Crippen LogP) is 5.82. The smallest absolute Gasteiger partial charge is 0.226 e. The molecule has 2 aliphatic rings. The van der Waals surface area contributed by atoms with E-state index in [0.29, 0.717) is 22.5 Å². The van der Waals surface area contributed by atoms with Gasteiger partial charge in [-0.1, -0.05) is 41.4 Å². The SMILES string of the molecule is COc1ccc(C2C3=C(Nc4ncnn42)c2cc(C)ccc2OC3c2ccc(Cl)cc2)cc1OC. The zero-order valence-corrected chi connectivity index (χ0v) is 20.2. The fraction of sp³-hybridized carbons (Fsp3) is 0.185. The first-order valence-electron chi connectivity index (χ1n) is 11.2. The lowest BCUT2D eigenvalue weighted by atomic mass is 9.84. The first-order chi connectivity index (χ1) is 17.1. The molecule has 4 aromatic rings. The fourth-order valence-electron chi connectivity index (χ4n) is 4.84. The lowest BCUT2D eigenvalue weighted by Gasteiger charge is -2.39. The van der Waals surface area contributed by atoms with E-state index in [1.807, 2.05) is 53.2 Å². The summed E-state index contributed by atoms with van der Waals surface area (Å²) in [6, 6.07) is 19.6. The Hall–Kier alpha value is -3.97. The van der Waals surface area contributed by atoms with Gasteiger partial charge in [0.25, 0.3) is 0 Å². The Morgan fingerprint density at radius 2 is 1.71 bits per heavy atom. The summed E-state index contributed by atoms with van der Waals surface area (Å²) >= 11 is 6.21. The Labute approximate surface area is 207 Å². The van der Waals surface area contributed by atoms with Crippen LogP contribution in [0, 0.1) is 6.92 Å². The summed E-state index contributed by atoms with van der Waals surface area (Å²) in [6.45, 7) is 2.07. The van der Waals surface area contributed by atoms with Crippen molar-refractivity contribution in [2.75, 3.05) is 19.5 Å². The fourth-order valence-corrected chi connectivity index (χ4v) is 4.97. The first kappa shape index (κ1) is 21.6. The van der Waals surface area contributed by atoms with E-state index in [0.717, 1.165) is 39.3 Å². The molecule has 1 aromatic heterocycles. The average molecular weight is 487 g/mol. The van der Waals surface area contributed by atoms with E-state index in [1.165, 1.54) is 0 Å². The van der Waals surface area contributed by atoms with Gasteiger partial charge in [-0.25, -0.2) is 4.68 Å². The molecule has 8 heteroatoms. The Balaban J connectivity index is 1.62. The number of anilines is 1. The maximum atomic E-state index is 6.67. The molecular formula is C27H23ClN4O3. The lowest BCUT2D eigenvalue weighted by molar-refractivity contribution is 0.223. The normalized spacial score (nSPS) is 18.1. The zero-order chi connectivity index (χ0) is 24.1. The van der Waals surface area contributed by atoms with Crippen LogP contribution in [0.3, 0.4) is 0 Å². The molecule has 0 saturated carbocycles. The molecule has 0 amide bonds. The van der Waals surface area contributed by atoms with Gasteiger partial charge in [-0.15, -0.1) is 0 Å². The molecule has 3 heterocycles. The molecule has 0 fully saturated rings. The molecule has 1 N–H and O–H groups in total. The minimum absolute atomic E-state index is 0.294. The molecule has 0 bridgehead atoms. The van der Waals surface area contributed by atoms with E-state index in [1.54, 1.807) is 20.5 Å². The molecule has 7 nitrogen and oxygen atoms in total. The van der Waals surface area contributed by atoms with Gasteiger partial charge in [0.05, 0.1) is 19.9 Å². The Morgan fingerprint density at radius 3 is 2.49 bits per heavy atom. The van der Waals surface area contributed by atoms with Crippen molar-refractivity contribution in [1.29, 1.82) is 0 Å². The molecule has 2 unspecified atom stereocenters. The third-order valence-corrected chi connectivity index (χ3v) is 6.72. The number of nitrogens with zero attached hydrogens (tertiary/aromatic N) is 3. The van der Waals surface area contributed by atoms with Gasteiger partial charge in [-0.05, 0) is 54.4 Å². The van der Waals surface area contributed by atoms with Gasteiger partial charge in [0.1, 0.15) is 24.2 Å². The van der Waals surface area contributed by atoms with E-state index in [9.17, 15) is 0 Å². The highest BCUT2D eigenvalue weighted by atomic mass is 35.5. The van der Waals surface area contributed by atoms with E-state index < -0.39 is 0 Å². The van der Waals surface area contributed by atoms with Crippen LogP contribution in [-0.4, -0.2) is 29.0 Å². The standard InChI is InChI=1S/C27H23ClN4O3/c1-15-4-10-20-19(12-15)24-23(26(35-20)16-5-8-18(28)9-6-16)25(32-27(31-24)29-14-30-32)17-7-11-21(33-2)22(13-17)34-3/h4-14,25-26H,1-3H3,(H,29,30,31). The second-order valence-electron chi connectivity index (χ2n) is 8.55. The number of rotatable bonds is 4. The Morgan fingerprint density at radius 1 is 0.943 bits per heavy atom. The number of hydrogen-bond acceptors (Lipinski definition) is 6. The summed E-state index contributed by atoms with van der Waals surface area (Å²) in [5.41, 5.74) is 6.09. The summed E-state index contributed by atoms with van der Waals surface area (Å²) < 4.78 is 19.7. The molecule has 0 aliphatic carbocycles. The quantitative estimate of drug-likeness (QED) is 0.392. The summed E-state index contributed by atoms with van der Waals surface area (Å²) in [5.74, 6) is 2.77. The monoisotopic (exact) mass is 486 g/mol. The van der Waals surface area contributed by atoms with Crippen LogP contribution in [0.2, 0.25) is 5.02 Å². The number of halogens is 1. The van der Waals surface area contributed by atoms with Gasteiger partial charge in [-0.2, -0.15) is 10.1 Å². The van der Waals surface area contributed by atoms with Crippen LogP contribution in [0.4, 0.5) is 5.95 Å². The third-order valence-electron chi connectivity index (χ3n) is 6.47. The molecule has 35 heavy (non-hydrogen) atoms. The molecule has 0 spiro atoms. The molecular weight excluding hydrogens is 464 g/mol.